The second-order valence-corrected chi connectivity index (χ2v) is 5.75. The van der Waals surface area contributed by atoms with Crippen LogP contribution in [0, 0.1) is 11.3 Å². The van der Waals surface area contributed by atoms with Gasteiger partial charge in [-0.1, -0.05) is 0 Å². The lowest BCUT2D eigenvalue weighted by Gasteiger charge is -2.22. The van der Waals surface area contributed by atoms with Crippen LogP contribution < -0.4 is 0 Å². The molecule has 0 radical (unpaired) electrons. The molecule has 1 aromatic carbocycles. The van der Waals surface area contributed by atoms with Crippen LogP contribution in [-0.2, 0) is 10.0 Å². The Morgan fingerprint density at radius 3 is 2.20 bits per heavy atom. The molecular weight excluding hydrogens is 297 g/mol. The van der Waals surface area contributed by atoms with E-state index in [2.05, 4.69) is 0 Å². The summed E-state index contributed by atoms with van der Waals surface area (Å²) in [5, 5.41) is 17.3. The van der Waals surface area contributed by atoms with Gasteiger partial charge >= 0.3 is 6.18 Å². The van der Waals surface area contributed by atoms with Gasteiger partial charge in [0.1, 0.15) is 6.54 Å². The molecule has 0 saturated heterocycles. The van der Waals surface area contributed by atoms with E-state index in [9.17, 15) is 21.6 Å². The van der Waals surface area contributed by atoms with Crippen LogP contribution in [-0.4, -0.2) is 43.7 Å². The molecule has 9 heteroatoms. The zero-order chi connectivity index (χ0) is 15.4. The number of aliphatic hydroxyl groups is 1. The van der Waals surface area contributed by atoms with Crippen molar-refractivity contribution in [3.8, 4) is 6.07 Å². The average molecular weight is 308 g/mol. The van der Waals surface area contributed by atoms with E-state index < -0.39 is 35.9 Å². The zero-order valence-corrected chi connectivity index (χ0v) is 10.9. The molecule has 0 bridgehead atoms. The standard InChI is InChI=1S/C11H11F3N2O3S/c12-11(13,14)8-16(5-6-17)20(18,19)10-3-1-9(7-15)2-4-10/h1-4,17H,5-6,8H2. The van der Waals surface area contributed by atoms with Gasteiger partial charge in [-0.2, -0.15) is 22.7 Å². The number of nitrogens with zero attached hydrogens (tertiary/aromatic N) is 2. The van der Waals surface area contributed by atoms with Crippen LogP contribution >= 0.6 is 0 Å². The third kappa shape index (κ3) is 4.19. The quantitative estimate of drug-likeness (QED) is 0.883. The van der Waals surface area contributed by atoms with Crippen LogP contribution in [0.1, 0.15) is 5.56 Å². The number of rotatable bonds is 5. The number of halogens is 3. The predicted molar refractivity (Wildman–Crippen MR) is 63.1 cm³/mol. The molecule has 1 rings (SSSR count). The summed E-state index contributed by atoms with van der Waals surface area (Å²) in [4.78, 5) is -0.366. The molecule has 0 unspecified atom stereocenters. The van der Waals surface area contributed by atoms with E-state index in [1.807, 2.05) is 0 Å². The Kier molecular flexibility index (Phi) is 5.10. The molecule has 5 nitrogen and oxygen atoms in total. The highest BCUT2D eigenvalue weighted by atomic mass is 32.2. The Hall–Kier alpha value is -1.63. The van der Waals surface area contributed by atoms with Crippen molar-refractivity contribution >= 4 is 10.0 Å². The number of hydrogen-bond donors (Lipinski definition) is 1. The van der Waals surface area contributed by atoms with Crippen molar-refractivity contribution in [1.82, 2.24) is 4.31 Å². The Morgan fingerprint density at radius 2 is 1.80 bits per heavy atom. The van der Waals surface area contributed by atoms with Gasteiger partial charge in [0, 0.05) is 6.54 Å². The van der Waals surface area contributed by atoms with Crippen LogP contribution in [0.25, 0.3) is 0 Å². The highest BCUT2D eigenvalue weighted by molar-refractivity contribution is 7.89. The maximum Gasteiger partial charge on any atom is 0.402 e. The summed E-state index contributed by atoms with van der Waals surface area (Å²) in [6, 6.07) is 6.25. The lowest BCUT2D eigenvalue weighted by Crippen LogP contribution is -2.40. The lowest BCUT2D eigenvalue weighted by molar-refractivity contribution is -0.136. The maximum atomic E-state index is 12.4. The van der Waals surface area contributed by atoms with Crippen molar-refractivity contribution < 1.29 is 26.7 Å². The Morgan fingerprint density at radius 1 is 1.25 bits per heavy atom. The van der Waals surface area contributed by atoms with Gasteiger partial charge in [0.05, 0.1) is 23.1 Å². The first-order valence-electron chi connectivity index (χ1n) is 5.38. The van der Waals surface area contributed by atoms with Gasteiger partial charge in [-0.05, 0) is 24.3 Å². The van der Waals surface area contributed by atoms with Crippen molar-refractivity contribution in [1.29, 1.82) is 5.26 Å². The monoisotopic (exact) mass is 308 g/mol. The summed E-state index contributed by atoms with van der Waals surface area (Å²) in [5.41, 5.74) is 0.188. The number of benzene rings is 1. The molecule has 110 valence electrons. The highest BCUT2D eigenvalue weighted by Gasteiger charge is 2.36. The minimum atomic E-state index is -4.71. The van der Waals surface area contributed by atoms with Crippen molar-refractivity contribution in [3.05, 3.63) is 29.8 Å². The predicted octanol–water partition coefficient (Wildman–Crippen LogP) is 1.10. The minimum Gasteiger partial charge on any atom is -0.395 e. The molecule has 0 aliphatic heterocycles. The fourth-order valence-corrected chi connectivity index (χ4v) is 2.86. The first-order chi connectivity index (χ1) is 9.20. The second-order valence-electron chi connectivity index (χ2n) is 3.81. The van der Waals surface area contributed by atoms with Gasteiger partial charge in [0.25, 0.3) is 0 Å². The Bertz CT molecular complexity index is 591. The van der Waals surface area contributed by atoms with Gasteiger partial charge in [-0.3, -0.25) is 0 Å². The summed E-state index contributed by atoms with van der Waals surface area (Å²) in [5.74, 6) is 0. The number of nitriles is 1. The van der Waals surface area contributed by atoms with Gasteiger partial charge in [-0.15, -0.1) is 0 Å². The number of alkyl halides is 3. The van der Waals surface area contributed by atoms with Gasteiger partial charge < -0.3 is 5.11 Å². The molecule has 0 aliphatic rings. The van der Waals surface area contributed by atoms with Gasteiger partial charge in [0.15, 0.2) is 0 Å². The van der Waals surface area contributed by atoms with E-state index >= 15 is 0 Å². The normalized spacial score (nSPS) is 12.4. The van der Waals surface area contributed by atoms with Crippen LogP contribution in [0.15, 0.2) is 29.2 Å². The van der Waals surface area contributed by atoms with E-state index in [4.69, 9.17) is 10.4 Å². The molecule has 0 spiro atoms. The van der Waals surface area contributed by atoms with E-state index in [1.165, 1.54) is 12.1 Å². The molecule has 1 N–H and O–H groups in total. The van der Waals surface area contributed by atoms with E-state index in [1.54, 1.807) is 6.07 Å². The number of sulfonamides is 1. The average Bonchev–Trinajstić information content (AvgIpc) is 2.37. The molecule has 1 aromatic rings. The summed E-state index contributed by atoms with van der Waals surface area (Å²) >= 11 is 0. The first kappa shape index (κ1) is 16.4. The van der Waals surface area contributed by atoms with Crippen LogP contribution in [0.5, 0.6) is 0 Å². The Balaban J connectivity index is 3.12. The van der Waals surface area contributed by atoms with E-state index in [0.717, 1.165) is 12.1 Å². The molecule has 0 heterocycles. The smallest absolute Gasteiger partial charge is 0.395 e. The molecule has 20 heavy (non-hydrogen) atoms. The van der Waals surface area contributed by atoms with Crippen molar-refractivity contribution in [3.63, 3.8) is 0 Å². The highest BCUT2D eigenvalue weighted by Crippen LogP contribution is 2.22. The minimum absolute atomic E-state index is 0.147. The maximum absolute atomic E-state index is 12.4. The molecule has 0 aromatic heterocycles. The Labute approximate surface area is 113 Å². The summed E-state index contributed by atoms with van der Waals surface area (Å²) in [7, 11) is -4.38. The van der Waals surface area contributed by atoms with Gasteiger partial charge in [0.2, 0.25) is 10.0 Å². The molecule has 0 atom stereocenters. The zero-order valence-electron chi connectivity index (χ0n) is 10.1. The molecule has 0 saturated carbocycles. The summed E-state index contributed by atoms with van der Waals surface area (Å²) in [6.07, 6.45) is -4.71. The molecule has 0 fully saturated rings. The summed E-state index contributed by atoms with van der Waals surface area (Å²) < 4.78 is 61.3. The number of aliphatic hydroxyl groups excluding tert-OH is 1. The lowest BCUT2D eigenvalue weighted by atomic mass is 10.2. The SMILES string of the molecule is N#Cc1ccc(S(=O)(=O)N(CCO)CC(F)(F)F)cc1. The fraction of sp³-hybridized carbons (Fsp3) is 0.364. The van der Waals surface area contributed by atoms with Crippen LogP contribution in [0.2, 0.25) is 0 Å². The van der Waals surface area contributed by atoms with Crippen molar-refractivity contribution in [2.45, 2.75) is 11.1 Å². The van der Waals surface area contributed by atoms with E-state index in [0.29, 0.717) is 0 Å². The fourth-order valence-electron chi connectivity index (χ4n) is 1.45. The third-order valence-corrected chi connectivity index (χ3v) is 4.19. The topological polar surface area (TPSA) is 81.4 Å². The van der Waals surface area contributed by atoms with Gasteiger partial charge in [-0.25, -0.2) is 8.42 Å². The molecular formula is C11H11F3N2O3S. The largest absolute Gasteiger partial charge is 0.402 e. The first-order valence-corrected chi connectivity index (χ1v) is 6.82. The van der Waals surface area contributed by atoms with Crippen LogP contribution in [0.4, 0.5) is 13.2 Å². The summed E-state index contributed by atoms with van der Waals surface area (Å²) in [6.45, 7) is -3.08. The molecule has 0 aliphatic carbocycles. The van der Waals surface area contributed by atoms with Crippen molar-refractivity contribution in [2.24, 2.45) is 0 Å². The van der Waals surface area contributed by atoms with Crippen LogP contribution in [0.3, 0.4) is 0 Å². The third-order valence-electron chi connectivity index (χ3n) is 2.33. The molecule has 0 amide bonds. The van der Waals surface area contributed by atoms with E-state index in [-0.39, 0.29) is 14.8 Å². The van der Waals surface area contributed by atoms with Crippen molar-refractivity contribution in [2.75, 3.05) is 19.7 Å². The second kappa shape index (κ2) is 6.21. The number of hydrogen-bond acceptors (Lipinski definition) is 4.